The van der Waals surface area contributed by atoms with E-state index in [0.717, 1.165) is 6.54 Å². The summed E-state index contributed by atoms with van der Waals surface area (Å²) >= 11 is 5.70. The van der Waals surface area contributed by atoms with Gasteiger partial charge in [-0.15, -0.1) is 0 Å². The lowest BCUT2D eigenvalue weighted by Crippen LogP contribution is -2.27. The number of ether oxygens (including phenoxy) is 1. The molecular weight excluding hydrogens is 218 g/mol. The molecule has 0 unspecified atom stereocenters. The lowest BCUT2D eigenvalue weighted by Gasteiger charge is -2.11. The molecular formula is C9H14ClN3O2. The van der Waals surface area contributed by atoms with Crippen molar-refractivity contribution in [2.24, 2.45) is 0 Å². The van der Waals surface area contributed by atoms with Crippen LogP contribution in [-0.2, 0) is 6.54 Å². The monoisotopic (exact) mass is 231 g/mol. The number of methoxy groups -OCH3 is 1. The zero-order valence-corrected chi connectivity index (χ0v) is 9.78. The minimum atomic E-state index is -0.251. The third-order valence-electron chi connectivity index (χ3n) is 1.95. The fourth-order valence-corrected chi connectivity index (χ4v) is 1.29. The van der Waals surface area contributed by atoms with E-state index in [1.54, 1.807) is 0 Å². The summed E-state index contributed by atoms with van der Waals surface area (Å²) in [6.07, 6.45) is 1.43. The van der Waals surface area contributed by atoms with Crippen LogP contribution in [0.2, 0.25) is 5.15 Å². The number of likely N-dealkylation sites (N-methyl/N-ethyl adjacent to an activating group) is 1. The van der Waals surface area contributed by atoms with Gasteiger partial charge in [0.25, 0.3) is 5.56 Å². The van der Waals surface area contributed by atoms with E-state index in [0.29, 0.717) is 6.54 Å². The second-order valence-electron chi connectivity index (χ2n) is 3.37. The normalized spacial score (nSPS) is 10.7. The van der Waals surface area contributed by atoms with Crippen LogP contribution in [0.4, 0.5) is 0 Å². The van der Waals surface area contributed by atoms with E-state index < -0.39 is 0 Å². The van der Waals surface area contributed by atoms with Gasteiger partial charge >= 0.3 is 0 Å². The molecule has 0 atom stereocenters. The van der Waals surface area contributed by atoms with Crippen LogP contribution in [0.25, 0.3) is 0 Å². The van der Waals surface area contributed by atoms with Crippen LogP contribution in [0.1, 0.15) is 0 Å². The van der Waals surface area contributed by atoms with Crippen molar-refractivity contribution in [3.8, 4) is 5.75 Å². The first-order valence-corrected chi connectivity index (χ1v) is 4.87. The Kier molecular flexibility index (Phi) is 4.11. The summed E-state index contributed by atoms with van der Waals surface area (Å²) < 4.78 is 6.36. The van der Waals surface area contributed by atoms with Crippen molar-refractivity contribution < 1.29 is 4.74 Å². The van der Waals surface area contributed by atoms with Crippen molar-refractivity contribution in [1.82, 2.24) is 14.5 Å². The highest BCUT2D eigenvalue weighted by atomic mass is 35.5. The number of aromatic nitrogens is 2. The van der Waals surface area contributed by atoms with Crippen molar-refractivity contribution in [2.75, 3.05) is 27.7 Å². The molecule has 1 aromatic rings. The van der Waals surface area contributed by atoms with E-state index in [-0.39, 0.29) is 16.5 Å². The van der Waals surface area contributed by atoms with Crippen LogP contribution in [0.5, 0.6) is 5.75 Å². The molecule has 15 heavy (non-hydrogen) atoms. The van der Waals surface area contributed by atoms with Crippen LogP contribution in [-0.4, -0.2) is 42.2 Å². The first-order valence-electron chi connectivity index (χ1n) is 4.50. The summed E-state index contributed by atoms with van der Waals surface area (Å²) in [6.45, 7) is 1.32. The highest BCUT2D eigenvalue weighted by Gasteiger charge is 2.09. The van der Waals surface area contributed by atoms with Crippen molar-refractivity contribution in [1.29, 1.82) is 0 Å². The van der Waals surface area contributed by atoms with Gasteiger partial charge in [0.15, 0.2) is 5.15 Å². The zero-order chi connectivity index (χ0) is 11.4. The van der Waals surface area contributed by atoms with Crippen LogP contribution in [0.3, 0.4) is 0 Å². The molecule has 0 spiro atoms. The maximum Gasteiger partial charge on any atom is 0.297 e. The summed E-state index contributed by atoms with van der Waals surface area (Å²) in [5, 5.41) is 0.101. The molecule has 0 N–H and O–H groups in total. The average molecular weight is 232 g/mol. The van der Waals surface area contributed by atoms with E-state index in [1.807, 2.05) is 19.0 Å². The molecule has 0 aromatic carbocycles. The SMILES string of the molecule is COc1c(Cl)ncn(CCN(C)C)c1=O. The Bertz CT molecular complexity index is 389. The molecule has 0 aliphatic carbocycles. The van der Waals surface area contributed by atoms with Crippen molar-refractivity contribution in [3.63, 3.8) is 0 Å². The largest absolute Gasteiger partial charge is 0.489 e. The fourth-order valence-electron chi connectivity index (χ4n) is 1.09. The van der Waals surface area contributed by atoms with Crippen LogP contribution in [0, 0.1) is 0 Å². The Morgan fingerprint density at radius 1 is 1.60 bits per heavy atom. The van der Waals surface area contributed by atoms with E-state index in [1.165, 1.54) is 18.0 Å². The summed E-state index contributed by atoms with van der Waals surface area (Å²) in [5.74, 6) is 0.0953. The maximum absolute atomic E-state index is 11.7. The number of rotatable bonds is 4. The molecule has 0 saturated carbocycles. The van der Waals surface area contributed by atoms with E-state index in [9.17, 15) is 4.79 Å². The second kappa shape index (κ2) is 5.14. The third kappa shape index (κ3) is 2.94. The van der Waals surface area contributed by atoms with Gasteiger partial charge in [-0.1, -0.05) is 11.6 Å². The summed E-state index contributed by atoms with van der Waals surface area (Å²) in [4.78, 5) is 17.6. The summed E-state index contributed by atoms with van der Waals surface area (Å²) in [7, 11) is 5.28. The molecule has 0 amide bonds. The van der Waals surface area contributed by atoms with Crippen molar-refractivity contribution >= 4 is 11.6 Å². The quantitative estimate of drug-likeness (QED) is 0.707. The number of hydrogen-bond donors (Lipinski definition) is 0. The van der Waals surface area contributed by atoms with Crippen molar-refractivity contribution in [3.05, 3.63) is 21.8 Å². The summed E-state index contributed by atoms with van der Waals surface area (Å²) in [6, 6.07) is 0. The number of hydrogen-bond acceptors (Lipinski definition) is 4. The molecule has 0 aliphatic heterocycles. The van der Waals surface area contributed by atoms with Gasteiger partial charge in [-0.25, -0.2) is 4.98 Å². The molecule has 6 heteroatoms. The van der Waals surface area contributed by atoms with E-state index in [4.69, 9.17) is 16.3 Å². The van der Waals surface area contributed by atoms with Gasteiger partial charge in [0.1, 0.15) is 0 Å². The van der Waals surface area contributed by atoms with Gasteiger partial charge in [-0.3, -0.25) is 9.36 Å². The molecule has 0 radical (unpaired) electrons. The molecule has 0 saturated heterocycles. The lowest BCUT2D eigenvalue weighted by atomic mass is 10.5. The molecule has 0 aliphatic rings. The smallest absolute Gasteiger partial charge is 0.297 e. The predicted octanol–water partition coefficient (Wildman–Crippen LogP) is 0.467. The van der Waals surface area contributed by atoms with Crippen LogP contribution >= 0.6 is 11.6 Å². The Morgan fingerprint density at radius 3 is 2.80 bits per heavy atom. The van der Waals surface area contributed by atoms with Gasteiger partial charge < -0.3 is 9.64 Å². The van der Waals surface area contributed by atoms with Gasteiger partial charge in [-0.05, 0) is 14.1 Å². The zero-order valence-electron chi connectivity index (χ0n) is 9.03. The Morgan fingerprint density at radius 2 is 2.27 bits per heavy atom. The molecule has 1 heterocycles. The minimum Gasteiger partial charge on any atom is -0.489 e. The topological polar surface area (TPSA) is 47.4 Å². The minimum absolute atomic E-state index is 0.0953. The standard InChI is InChI=1S/C9H14ClN3O2/c1-12(2)4-5-13-6-11-8(10)7(15-3)9(13)14/h6H,4-5H2,1-3H3. The van der Waals surface area contributed by atoms with Crippen LogP contribution < -0.4 is 10.3 Å². The molecule has 84 valence electrons. The highest BCUT2D eigenvalue weighted by Crippen LogP contribution is 2.14. The third-order valence-corrected chi connectivity index (χ3v) is 2.21. The molecule has 1 rings (SSSR count). The molecule has 5 nitrogen and oxygen atoms in total. The van der Waals surface area contributed by atoms with E-state index in [2.05, 4.69) is 4.98 Å². The predicted molar refractivity (Wildman–Crippen MR) is 58.6 cm³/mol. The summed E-state index contributed by atoms with van der Waals surface area (Å²) in [5.41, 5.74) is -0.251. The number of halogens is 1. The second-order valence-corrected chi connectivity index (χ2v) is 3.73. The first-order chi connectivity index (χ1) is 7.06. The van der Waals surface area contributed by atoms with Gasteiger partial charge in [0.05, 0.1) is 13.4 Å². The maximum atomic E-state index is 11.7. The van der Waals surface area contributed by atoms with E-state index >= 15 is 0 Å². The lowest BCUT2D eigenvalue weighted by molar-refractivity contribution is 0.367. The van der Waals surface area contributed by atoms with Gasteiger partial charge in [-0.2, -0.15) is 0 Å². The highest BCUT2D eigenvalue weighted by molar-refractivity contribution is 6.30. The average Bonchev–Trinajstić information content (AvgIpc) is 2.17. The first kappa shape index (κ1) is 12.0. The fraction of sp³-hybridized carbons (Fsp3) is 0.556. The Balaban J connectivity index is 2.95. The van der Waals surface area contributed by atoms with Crippen LogP contribution in [0.15, 0.2) is 11.1 Å². The Labute approximate surface area is 93.2 Å². The molecule has 0 bridgehead atoms. The van der Waals surface area contributed by atoms with Gasteiger partial charge in [0, 0.05) is 13.1 Å². The molecule has 1 aromatic heterocycles. The van der Waals surface area contributed by atoms with Gasteiger partial charge in [0.2, 0.25) is 5.75 Å². The van der Waals surface area contributed by atoms with Crippen molar-refractivity contribution in [2.45, 2.75) is 6.54 Å². The molecule has 0 fully saturated rings. The Hall–Kier alpha value is -1.07. The number of nitrogens with zero attached hydrogens (tertiary/aromatic N) is 3.